The van der Waals surface area contributed by atoms with Crippen molar-refractivity contribution >= 4 is 21.6 Å². The highest BCUT2D eigenvalue weighted by atomic mass is 79.9. The van der Waals surface area contributed by atoms with Crippen LogP contribution >= 0.6 is 15.9 Å². The molecule has 0 amide bonds. The molecule has 96 valence electrons. The summed E-state index contributed by atoms with van der Waals surface area (Å²) in [5.41, 5.74) is 1.85. The van der Waals surface area contributed by atoms with Crippen LogP contribution in [0.15, 0.2) is 22.7 Å². The summed E-state index contributed by atoms with van der Waals surface area (Å²) in [6, 6.07) is 8.12. The Kier molecular flexibility index (Phi) is 4.66. The minimum atomic E-state index is 0.717. The van der Waals surface area contributed by atoms with Gasteiger partial charge in [-0.05, 0) is 37.0 Å². The molecule has 3 heteroatoms. The largest absolute Gasteiger partial charge is 0.374 e. The molecule has 1 fully saturated rings. The van der Waals surface area contributed by atoms with E-state index in [1.54, 1.807) is 0 Å². The van der Waals surface area contributed by atoms with E-state index in [4.69, 9.17) is 5.26 Å². The summed E-state index contributed by atoms with van der Waals surface area (Å²) in [5, 5.41) is 9.00. The average Bonchev–Trinajstić information content (AvgIpc) is 2.39. The third-order valence-corrected chi connectivity index (χ3v) is 4.17. The molecule has 0 heterocycles. The lowest BCUT2D eigenvalue weighted by atomic mass is 9.89. The van der Waals surface area contributed by atoms with Gasteiger partial charge in [0.1, 0.15) is 0 Å². The molecule has 1 aromatic carbocycles. The van der Waals surface area contributed by atoms with E-state index in [1.807, 2.05) is 12.1 Å². The quantitative estimate of drug-likeness (QED) is 0.830. The lowest BCUT2D eigenvalue weighted by Gasteiger charge is -2.28. The highest BCUT2D eigenvalue weighted by Gasteiger charge is 2.16. The van der Waals surface area contributed by atoms with Gasteiger partial charge in [-0.1, -0.05) is 35.2 Å². The van der Waals surface area contributed by atoms with Crippen molar-refractivity contribution in [2.45, 2.75) is 32.1 Å². The van der Waals surface area contributed by atoms with Crippen molar-refractivity contribution in [3.05, 3.63) is 28.2 Å². The van der Waals surface area contributed by atoms with E-state index in [9.17, 15) is 0 Å². The maximum absolute atomic E-state index is 9.00. The van der Waals surface area contributed by atoms with Crippen LogP contribution in [0.5, 0.6) is 0 Å². The Hall–Kier alpha value is -1.01. The lowest BCUT2D eigenvalue weighted by molar-refractivity contribution is 0.362. The molecule has 0 N–H and O–H groups in total. The minimum absolute atomic E-state index is 0.717. The highest BCUT2D eigenvalue weighted by molar-refractivity contribution is 9.10. The van der Waals surface area contributed by atoms with Crippen molar-refractivity contribution in [2.24, 2.45) is 5.92 Å². The number of nitrogens with zero attached hydrogens (tertiary/aromatic N) is 2. The van der Waals surface area contributed by atoms with Crippen LogP contribution in [0.4, 0.5) is 5.69 Å². The Bertz CT molecular complexity index is 444. The number of nitriles is 1. The Morgan fingerprint density at radius 2 is 2.00 bits per heavy atom. The Balaban J connectivity index is 2.05. The van der Waals surface area contributed by atoms with Crippen LogP contribution in [0, 0.1) is 17.2 Å². The zero-order valence-electron chi connectivity index (χ0n) is 10.8. The molecule has 18 heavy (non-hydrogen) atoms. The van der Waals surface area contributed by atoms with Gasteiger partial charge in [0, 0.05) is 23.8 Å². The second kappa shape index (κ2) is 6.24. The molecule has 1 aliphatic rings. The van der Waals surface area contributed by atoms with Crippen LogP contribution in [0.3, 0.4) is 0 Å². The molecule has 0 saturated heterocycles. The van der Waals surface area contributed by atoms with Crippen LogP contribution in [0.2, 0.25) is 0 Å². The molecule has 0 atom stereocenters. The summed E-state index contributed by atoms with van der Waals surface area (Å²) in [6.45, 7) is 1.10. The van der Waals surface area contributed by atoms with Crippen LogP contribution in [0.25, 0.3) is 0 Å². The van der Waals surface area contributed by atoms with Crippen molar-refractivity contribution in [3.63, 3.8) is 0 Å². The van der Waals surface area contributed by atoms with Gasteiger partial charge in [0.2, 0.25) is 0 Å². The van der Waals surface area contributed by atoms with Crippen molar-refractivity contribution in [1.29, 1.82) is 5.26 Å². The number of anilines is 1. The zero-order valence-corrected chi connectivity index (χ0v) is 12.4. The third kappa shape index (κ3) is 3.49. The number of hydrogen-bond acceptors (Lipinski definition) is 2. The molecular formula is C15H19BrN2. The van der Waals surface area contributed by atoms with Gasteiger partial charge < -0.3 is 4.90 Å². The van der Waals surface area contributed by atoms with Gasteiger partial charge in [-0.15, -0.1) is 0 Å². The highest BCUT2D eigenvalue weighted by Crippen LogP contribution is 2.27. The average molecular weight is 307 g/mol. The van der Waals surface area contributed by atoms with Crippen LogP contribution < -0.4 is 4.90 Å². The summed E-state index contributed by atoms with van der Waals surface area (Å²) in [7, 11) is 2.12. The zero-order chi connectivity index (χ0) is 13.0. The summed E-state index contributed by atoms with van der Waals surface area (Å²) >= 11 is 3.47. The normalized spacial score (nSPS) is 16.3. The molecular weight excluding hydrogens is 288 g/mol. The van der Waals surface area contributed by atoms with Crippen molar-refractivity contribution < 1.29 is 0 Å². The maximum Gasteiger partial charge on any atom is 0.0992 e. The SMILES string of the molecule is CN(CC1CCCCC1)c1cc(Br)cc(C#N)c1. The molecule has 1 aromatic rings. The van der Waals surface area contributed by atoms with Gasteiger partial charge in [0.25, 0.3) is 0 Å². The van der Waals surface area contributed by atoms with Gasteiger partial charge in [0.05, 0.1) is 11.6 Å². The van der Waals surface area contributed by atoms with E-state index in [1.165, 1.54) is 32.1 Å². The number of benzene rings is 1. The molecule has 0 bridgehead atoms. The number of hydrogen-bond donors (Lipinski definition) is 0. The van der Waals surface area contributed by atoms with Crippen molar-refractivity contribution in [2.75, 3.05) is 18.5 Å². The molecule has 1 aliphatic carbocycles. The Morgan fingerprint density at radius 1 is 1.28 bits per heavy atom. The lowest BCUT2D eigenvalue weighted by Crippen LogP contribution is -2.26. The monoisotopic (exact) mass is 306 g/mol. The van der Waals surface area contributed by atoms with Gasteiger partial charge in [0.15, 0.2) is 0 Å². The first-order valence-corrected chi connectivity index (χ1v) is 7.40. The number of rotatable bonds is 3. The van der Waals surface area contributed by atoms with E-state index in [2.05, 4.69) is 40.0 Å². The molecule has 0 aromatic heterocycles. The van der Waals surface area contributed by atoms with Gasteiger partial charge in [-0.2, -0.15) is 5.26 Å². The molecule has 0 radical (unpaired) electrons. The van der Waals surface area contributed by atoms with E-state index >= 15 is 0 Å². The first-order valence-electron chi connectivity index (χ1n) is 6.61. The fraction of sp³-hybridized carbons (Fsp3) is 0.533. The van der Waals surface area contributed by atoms with Gasteiger partial charge in [-0.25, -0.2) is 0 Å². The Morgan fingerprint density at radius 3 is 2.67 bits per heavy atom. The Labute approximate surface area is 118 Å². The minimum Gasteiger partial charge on any atom is -0.374 e. The second-order valence-corrected chi connectivity index (χ2v) is 6.11. The molecule has 1 saturated carbocycles. The predicted octanol–water partition coefficient (Wildman–Crippen LogP) is 4.34. The van der Waals surface area contributed by atoms with E-state index in [0.29, 0.717) is 0 Å². The van der Waals surface area contributed by atoms with Crippen LogP contribution in [-0.4, -0.2) is 13.6 Å². The van der Waals surface area contributed by atoms with Crippen molar-refractivity contribution in [3.8, 4) is 6.07 Å². The first-order chi connectivity index (χ1) is 8.69. The second-order valence-electron chi connectivity index (χ2n) is 5.19. The van der Waals surface area contributed by atoms with E-state index in [0.717, 1.165) is 28.2 Å². The predicted molar refractivity (Wildman–Crippen MR) is 78.7 cm³/mol. The topological polar surface area (TPSA) is 27.0 Å². The summed E-state index contributed by atoms with van der Waals surface area (Å²) in [6.07, 6.45) is 6.85. The van der Waals surface area contributed by atoms with Crippen LogP contribution in [0.1, 0.15) is 37.7 Å². The number of halogens is 1. The fourth-order valence-corrected chi connectivity index (χ4v) is 3.20. The molecule has 0 aliphatic heterocycles. The molecule has 0 spiro atoms. The van der Waals surface area contributed by atoms with Gasteiger partial charge >= 0.3 is 0 Å². The van der Waals surface area contributed by atoms with E-state index < -0.39 is 0 Å². The third-order valence-electron chi connectivity index (χ3n) is 3.71. The summed E-state index contributed by atoms with van der Waals surface area (Å²) < 4.78 is 0.979. The summed E-state index contributed by atoms with van der Waals surface area (Å²) in [5.74, 6) is 0.813. The van der Waals surface area contributed by atoms with Gasteiger partial charge in [-0.3, -0.25) is 0 Å². The molecule has 2 nitrogen and oxygen atoms in total. The first kappa shape index (κ1) is 13.4. The molecule has 2 rings (SSSR count). The summed E-state index contributed by atoms with van der Waals surface area (Å²) in [4.78, 5) is 2.28. The van der Waals surface area contributed by atoms with E-state index in [-0.39, 0.29) is 0 Å². The fourth-order valence-electron chi connectivity index (χ4n) is 2.72. The van der Waals surface area contributed by atoms with Crippen molar-refractivity contribution in [1.82, 2.24) is 0 Å². The maximum atomic E-state index is 9.00. The van der Waals surface area contributed by atoms with Crippen LogP contribution in [-0.2, 0) is 0 Å². The standard InChI is InChI=1S/C15H19BrN2/c1-18(11-12-5-3-2-4-6-12)15-8-13(10-17)7-14(16)9-15/h7-9,12H,2-6,11H2,1H3. The smallest absolute Gasteiger partial charge is 0.0992 e. The molecule has 0 unspecified atom stereocenters.